The predicted octanol–water partition coefficient (Wildman–Crippen LogP) is 3.86. The van der Waals surface area contributed by atoms with Gasteiger partial charge >= 0.3 is 6.61 Å². The van der Waals surface area contributed by atoms with Crippen molar-refractivity contribution >= 4 is 33.3 Å². The quantitative estimate of drug-likeness (QED) is 0.623. The van der Waals surface area contributed by atoms with E-state index in [0.29, 0.717) is 5.56 Å². The van der Waals surface area contributed by atoms with E-state index in [9.17, 15) is 13.6 Å². The highest BCUT2D eigenvalue weighted by molar-refractivity contribution is 9.10. The maximum absolute atomic E-state index is 12.0. The summed E-state index contributed by atoms with van der Waals surface area (Å²) in [6.45, 7) is -1.36. The maximum atomic E-state index is 12.0. The lowest BCUT2D eigenvalue weighted by Crippen LogP contribution is -2.10. The van der Waals surface area contributed by atoms with E-state index < -0.39 is 12.0 Å². The average Bonchev–Trinajstić information content (AvgIpc) is 2.19. The molecule has 0 bridgehead atoms. The second kappa shape index (κ2) is 5.59. The number of rotatable bonds is 4. The van der Waals surface area contributed by atoms with Crippen LogP contribution in [0.5, 0.6) is 5.75 Å². The zero-order chi connectivity index (χ0) is 12.3. The lowest BCUT2D eigenvalue weighted by atomic mass is 10.1. The maximum Gasteiger partial charge on any atom is 0.387 e. The topological polar surface area (TPSA) is 26.3 Å². The van der Waals surface area contributed by atoms with Crippen LogP contribution in [-0.2, 0) is 0 Å². The zero-order valence-corrected chi connectivity index (χ0v) is 10.6. The summed E-state index contributed by atoms with van der Waals surface area (Å²) in [4.78, 5) is 11.5. The third-order valence-corrected chi connectivity index (χ3v) is 2.61. The first-order chi connectivity index (χ1) is 7.41. The Hall–Kier alpha value is -0.680. The Balaban J connectivity index is 2.95. The molecule has 2 nitrogen and oxygen atoms in total. The average molecular weight is 314 g/mol. The number of Topliss-reactive ketones (excluding diaryl/α,β-unsaturated/α-hetero) is 1. The molecule has 88 valence electrons. The summed E-state index contributed by atoms with van der Waals surface area (Å²) < 4.78 is 28.4. The van der Waals surface area contributed by atoms with Crippen LogP contribution in [0.4, 0.5) is 8.78 Å². The van der Waals surface area contributed by atoms with E-state index in [-0.39, 0.29) is 16.0 Å². The Morgan fingerprint density at radius 3 is 2.56 bits per heavy atom. The highest BCUT2D eigenvalue weighted by Gasteiger charge is 2.15. The van der Waals surface area contributed by atoms with Gasteiger partial charge in [0.2, 0.25) is 0 Å². The second-order valence-corrected chi connectivity index (χ2v) is 4.51. The molecule has 1 rings (SSSR count). The van der Waals surface area contributed by atoms with E-state index in [4.69, 9.17) is 11.6 Å². The monoisotopic (exact) mass is 312 g/mol. The fourth-order valence-corrected chi connectivity index (χ4v) is 1.67. The van der Waals surface area contributed by atoms with Gasteiger partial charge in [-0.15, -0.1) is 11.6 Å². The number of ether oxygens (including phenoxy) is 1. The summed E-state index contributed by atoms with van der Waals surface area (Å²) in [5.74, 6) is -0.292. The SMILES string of the molecule is CC(Cl)C(=O)c1ccc(OC(F)F)c(Br)c1. The van der Waals surface area contributed by atoms with Crippen molar-refractivity contribution in [3.8, 4) is 5.75 Å². The molecule has 0 spiro atoms. The van der Waals surface area contributed by atoms with Crippen molar-refractivity contribution in [2.75, 3.05) is 0 Å². The van der Waals surface area contributed by atoms with Crippen LogP contribution in [0.15, 0.2) is 22.7 Å². The lowest BCUT2D eigenvalue weighted by Gasteiger charge is -2.08. The Morgan fingerprint density at radius 1 is 1.50 bits per heavy atom. The Morgan fingerprint density at radius 2 is 2.12 bits per heavy atom. The first-order valence-corrected chi connectivity index (χ1v) is 5.57. The fraction of sp³-hybridized carbons (Fsp3) is 0.300. The molecule has 1 aromatic carbocycles. The summed E-state index contributed by atoms with van der Waals surface area (Å²) in [5, 5.41) is -0.659. The van der Waals surface area contributed by atoms with Crippen LogP contribution in [0.2, 0.25) is 0 Å². The minimum absolute atomic E-state index is 0.0197. The molecule has 1 atom stereocenters. The molecule has 16 heavy (non-hydrogen) atoms. The molecule has 0 saturated heterocycles. The molecule has 0 N–H and O–H groups in total. The summed E-state index contributed by atoms with van der Waals surface area (Å²) in [6, 6.07) is 4.09. The van der Waals surface area contributed by atoms with Crippen LogP contribution in [-0.4, -0.2) is 17.8 Å². The number of halogens is 4. The third-order valence-electron chi connectivity index (χ3n) is 1.79. The van der Waals surface area contributed by atoms with E-state index >= 15 is 0 Å². The van der Waals surface area contributed by atoms with Gasteiger partial charge in [-0.25, -0.2) is 0 Å². The van der Waals surface area contributed by atoms with E-state index in [1.54, 1.807) is 6.92 Å². The van der Waals surface area contributed by atoms with Crippen molar-refractivity contribution in [3.63, 3.8) is 0 Å². The number of carbonyl (C=O) groups is 1. The molecule has 0 aliphatic carbocycles. The van der Waals surface area contributed by atoms with Crippen LogP contribution < -0.4 is 4.74 Å². The molecule has 0 fully saturated rings. The van der Waals surface area contributed by atoms with Gasteiger partial charge in [0, 0.05) is 5.56 Å². The first-order valence-electron chi connectivity index (χ1n) is 4.34. The highest BCUT2D eigenvalue weighted by atomic mass is 79.9. The summed E-state index contributed by atoms with van der Waals surface area (Å²) >= 11 is 8.66. The number of hydrogen-bond acceptors (Lipinski definition) is 2. The molecule has 0 aliphatic rings. The number of hydrogen-bond donors (Lipinski definition) is 0. The van der Waals surface area contributed by atoms with Crippen LogP contribution in [0.25, 0.3) is 0 Å². The van der Waals surface area contributed by atoms with Gasteiger partial charge in [0.05, 0.1) is 9.85 Å². The van der Waals surface area contributed by atoms with Crippen LogP contribution in [0, 0.1) is 0 Å². The van der Waals surface area contributed by atoms with Crippen molar-refractivity contribution in [1.82, 2.24) is 0 Å². The Labute approximate surface area is 105 Å². The second-order valence-electron chi connectivity index (χ2n) is 3.00. The van der Waals surface area contributed by atoms with Gasteiger partial charge in [-0.3, -0.25) is 4.79 Å². The van der Waals surface area contributed by atoms with Crippen molar-refractivity contribution in [2.24, 2.45) is 0 Å². The standard InChI is InChI=1S/C10H8BrClF2O2/c1-5(12)9(15)6-2-3-8(7(11)4-6)16-10(13)14/h2-5,10H,1H3. The summed E-state index contributed by atoms with van der Waals surface area (Å²) in [5.41, 5.74) is 0.344. The fourth-order valence-electron chi connectivity index (χ4n) is 1.08. The molecule has 6 heteroatoms. The molecular formula is C10H8BrClF2O2. The Kier molecular flexibility index (Phi) is 4.68. The van der Waals surface area contributed by atoms with E-state index in [1.807, 2.05) is 0 Å². The van der Waals surface area contributed by atoms with E-state index in [1.165, 1.54) is 18.2 Å². The third kappa shape index (κ3) is 3.42. The molecule has 1 unspecified atom stereocenters. The number of benzene rings is 1. The number of ketones is 1. The minimum Gasteiger partial charge on any atom is -0.434 e. The molecular weight excluding hydrogens is 305 g/mol. The first kappa shape index (κ1) is 13.4. The largest absolute Gasteiger partial charge is 0.434 e. The normalized spacial score (nSPS) is 12.6. The van der Waals surface area contributed by atoms with Gasteiger partial charge in [-0.05, 0) is 41.1 Å². The highest BCUT2D eigenvalue weighted by Crippen LogP contribution is 2.28. The Bertz CT molecular complexity index is 396. The van der Waals surface area contributed by atoms with E-state index in [2.05, 4.69) is 20.7 Å². The number of carbonyl (C=O) groups excluding carboxylic acids is 1. The molecule has 0 aromatic heterocycles. The molecule has 0 heterocycles. The van der Waals surface area contributed by atoms with Crippen molar-refractivity contribution in [1.29, 1.82) is 0 Å². The van der Waals surface area contributed by atoms with Crippen molar-refractivity contribution < 1.29 is 18.3 Å². The van der Waals surface area contributed by atoms with E-state index in [0.717, 1.165) is 0 Å². The van der Waals surface area contributed by atoms with Gasteiger partial charge in [0.1, 0.15) is 5.75 Å². The molecule has 1 aromatic rings. The summed E-state index contributed by atoms with van der Waals surface area (Å²) in [6.07, 6.45) is 0. The van der Waals surface area contributed by atoms with Crippen molar-refractivity contribution in [2.45, 2.75) is 18.9 Å². The predicted molar refractivity (Wildman–Crippen MR) is 60.4 cm³/mol. The molecule has 0 radical (unpaired) electrons. The van der Waals surface area contributed by atoms with Gasteiger partial charge in [-0.2, -0.15) is 8.78 Å². The van der Waals surface area contributed by atoms with Gasteiger partial charge in [0.15, 0.2) is 5.78 Å². The van der Waals surface area contributed by atoms with Crippen molar-refractivity contribution in [3.05, 3.63) is 28.2 Å². The van der Waals surface area contributed by atoms with Gasteiger partial charge in [0.25, 0.3) is 0 Å². The lowest BCUT2D eigenvalue weighted by molar-refractivity contribution is -0.0503. The minimum atomic E-state index is -2.90. The van der Waals surface area contributed by atoms with Crippen LogP contribution in [0.1, 0.15) is 17.3 Å². The van der Waals surface area contributed by atoms with Crippen LogP contribution >= 0.6 is 27.5 Å². The van der Waals surface area contributed by atoms with Gasteiger partial charge < -0.3 is 4.74 Å². The molecule has 0 aliphatic heterocycles. The zero-order valence-electron chi connectivity index (χ0n) is 8.22. The number of alkyl halides is 3. The smallest absolute Gasteiger partial charge is 0.387 e. The van der Waals surface area contributed by atoms with Crippen LogP contribution in [0.3, 0.4) is 0 Å². The van der Waals surface area contributed by atoms with Gasteiger partial charge in [-0.1, -0.05) is 0 Å². The molecule has 0 amide bonds. The molecule has 0 saturated carbocycles. The summed E-state index contributed by atoms with van der Waals surface area (Å²) in [7, 11) is 0.